The van der Waals surface area contributed by atoms with Crippen LogP contribution in [0, 0.1) is 5.92 Å². The van der Waals surface area contributed by atoms with E-state index in [0.717, 1.165) is 43.1 Å². The molecular weight excluding hydrogens is 284 g/mol. The second-order valence-corrected chi connectivity index (χ2v) is 6.36. The predicted octanol–water partition coefficient (Wildman–Crippen LogP) is 4.55. The number of nitrogens with zero attached hydrogens (tertiary/aromatic N) is 2. The molecule has 3 heteroatoms. The number of benzene rings is 2. The number of urea groups is 1. The van der Waals surface area contributed by atoms with Crippen LogP contribution in [-0.4, -0.2) is 24.0 Å². The van der Waals surface area contributed by atoms with Gasteiger partial charge in [-0.15, -0.1) is 0 Å². The molecule has 0 aromatic heterocycles. The van der Waals surface area contributed by atoms with Crippen LogP contribution >= 0.6 is 0 Å². The standard InChI is InChI=1S/C20H24N2O/c1-17-12-14-21(15-13-17)20(23)22(19-10-6-3-7-11-19)16-18-8-4-2-5-9-18/h2-11,17H,12-16H2,1H3. The van der Waals surface area contributed by atoms with Crippen molar-refractivity contribution in [2.24, 2.45) is 5.92 Å². The summed E-state index contributed by atoms with van der Waals surface area (Å²) >= 11 is 0. The average Bonchev–Trinajstić information content (AvgIpc) is 2.61. The van der Waals surface area contributed by atoms with Crippen LogP contribution in [0.1, 0.15) is 25.3 Å². The Morgan fingerprint density at radius 2 is 1.57 bits per heavy atom. The molecule has 23 heavy (non-hydrogen) atoms. The van der Waals surface area contributed by atoms with Crippen molar-refractivity contribution in [3.8, 4) is 0 Å². The molecule has 0 atom stereocenters. The number of carbonyl (C=O) groups excluding carboxylic acids is 1. The van der Waals surface area contributed by atoms with E-state index in [2.05, 4.69) is 19.1 Å². The van der Waals surface area contributed by atoms with Crippen molar-refractivity contribution in [1.82, 2.24) is 4.90 Å². The van der Waals surface area contributed by atoms with E-state index < -0.39 is 0 Å². The molecule has 2 amide bonds. The Morgan fingerprint density at radius 3 is 2.17 bits per heavy atom. The van der Waals surface area contributed by atoms with Crippen molar-refractivity contribution in [3.63, 3.8) is 0 Å². The Balaban J connectivity index is 1.81. The van der Waals surface area contributed by atoms with Gasteiger partial charge < -0.3 is 4.90 Å². The van der Waals surface area contributed by atoms with Crippen LogP contribution in [0.3, 0.4) is 0 Å². The zero-order chi connectivity index (χ0) is 16.1. The Kier molecular flexibility index (Phi) is 4.96. The van der Waals surface area contributed by atoms with Crippen LogP contribution < -0.4 is 4.90 Å². The van der Waals surface area contributed by atoms with E-state index in [-0.39, 0.29) is 6.03 Å². The first-order valence-electron chi connectivity index (χ1n) is 8.39. The topological polar surface area (TPSA) is 23.6 Å². The van der Waals surface area contributed by atoms with Gasteiger partial charge in [-0.25, -0.2) is 4.79 Å². The normalized spacial score (nSPS) is 15.4. The predicted molar refractivity (Wildman–Crippen MR) is 94.4 cm³/mol. The van der Waals surface area contributed by atoms with Crippen molar-refractivity contribution < 1.29 is 4.79 Å². The molecule has 0 N–H and O–H groups in total. The summed E-state index contributed by atoms with van der Waals surface area (Å²) in [5.41, 5.74) is 2.11. The number of likely N-dealkylation sites (tertiary alicyclic amines) is 1. The first-order chi connectivity index (χ1) is 11.2. The fraction of sp³-hybridized carbons (Fsp3) is 0.350. The number of carbonyl (C=O) groups is 1. The van der Waals surface area contributed by atoms with E-state index in [1.54, 1.807) is 0 Å². The first kappa shape index (κ1) is 15.6. The maximum Gasteiger partial charge on any atom is 0.324 e. The Bertz CT molecular complexity index is 619. The van der Waals surface area contributed by atoms with E-state index in [0.29, 0.717) is 6.54 Å². The number of piperidine rings is 1. The molecule has 0 aliphatic carbocycles. The quantitative estimate of drug-likeness (QED) is 0.816. The highest BCUT2D eigenvalue weighted by molar-refractivity contribution is 5.92. The minimum Gasteiger partial charge on any atom is -0.324 e. The third-order valence-electron chi connectivity index (χ3n) is 4.54. The van der Waals surface area contributed by atoms with Gasteiger partial charge in [-0.05, 0) is 36.5 Å². The summed E-state index contributed by atoms with van der Waals surface area (Å²) in [6.07, 6.45) is 2.19. The highest BCUT2D eigenvalue weighted by Gasteiger charge is 2.25. The van der Waals surface area contributed by atoms with Crippen molar-refractivity contribution >= 4 is 11.7 Å². The molecule has 0 radical (unpaired) electrons. The van der Waals surface area contributed by atoms with Crippen LogP contribution in [0.4, 0.5) is 10.5 Å². The van der Waals surface area contributed by atoms with E-state index in [1.807, 2.05) is 58.3 Å². The molecule has 3 nitrogen and oxygen atoms in total. The summed E-state index contributed by atoms with van der Waals surface area (Å²) in [6, 6.07) is 20.3. The van der Waals surface area contributed by atoms with Crippen LogP contribution in [-0.2, 0) is 6.54 Å². The van der Waals surface area contributed by atoms with E-state index >= 15 is 0 Å². The summed E-state index contributed by atoms with van der Waals surface area (Å²) in [5, 5.41) is 0. The molecule has 3 rings (SSSR count). The van der Waals surface area contributed by atoms with Gasteiger partial charge in [0.15, 0.2) is 0 Å². The zero-order valence-corrected chi connectivity index (χ0v) is 13.7. The van der Waals surface area contributed by atoms with Gasteiger partial charge in [-0.1, -0.05) is 55.5 Å². The lowest BCUT2D eigenvalue weighted by molar-refractivity contribution is 0.180. The molecule has 120 valence electrons. The highest BCUT2D eigenvalue weighted by Crippen LogP contribution is 2.22. The number of amides is 2. The minimum absolute atomic E-state index is 0.118. The molecule has 2 aromatic carbocycles. The van der Waals surface area contributed by atoms with Gasteiger partial charge in [-0.3, -0.25) is 4.90 Å². The molecule has 0 bridgehead atoms. The Labute approximate surface area is 138 Å². The Hall–Kier alpha value is -2.29. The largest absolute Gasteiger partial charge is 0.324 e. The maximum absolute atomic E-state index is 13.1. The molecule has 0 unspecified atom stereocenters. The van der Waals surface area contributed by atoms with E-state index in [9.17, 15) is 4.79 Å². The fourth-order valence-electron chi connectivity index (χ4n) is 3.01. The van der Waals surface area contributed by atoms with Gasteiger partial charge in [0.2, 0.25) is 0 Å². The summed E-state index contributed by atoms with van der Waals surface area (Å²) in [5.74, 6) is 0.721. The third-order valence-corrected chi connectivity index (χ3v) is 4.54. The minimum atomic E-state index is 0.118. The summed E-state index contributed by atoms with van der Waals surface area (Å²) < 4.78 is 0. The van der Waals surface area contributed by atoms with E-state index in [1.165, 1.54) is 0 Å². The van der Waals surface area contributed by atoms with Gasteiger partial charge in [0.05, 0.1) is 6.54 Å². The SMILES string of the molecule is CC1CCN(C(=O)N(Cc2ccccc2)c2ccccc2)CC1. The van der Waals surface area contributed by atoms with E-state index in [4.69, 9.17) is 0 Å². The molecule has 0 spiro atoms. The van der Waals surface area contributed by atoms with Crippen LogP contribution in [0.5, 0.6) is 0 Å². The van der Waals surface area contributed by atoms with Gasteiger partial charge in [0, 0.05) is 18.8 Å². The molecule has 1 aliphatic heterocycles. The number of anilines is 1. The number of para-hydroxylation sites is 1. The summed E-state index contributed by atoms with van der Waals surface area (Å²) in [4.78, 5) is 17.0. The molecule has 2 aromatic rings. The highest BCUT2D eigenvalue weighted by atomic mass is 16.2. The second kappa shape index (κ2) is 7.32. The van der Waals surface area contributed by atoms with Gasteiger partial charge in [-0.2, -0.15) is 0 Å². The third kappa shape index (κ3) is 3.92. The van der Waals surface area contributed by atoms with Crippen molar-refractivity contribution in [3.05, 3.63) is 66.2 Å². The smallest absolute Gasteiger partial charge is 0.324 e. The molecule has 0 saturated carbocycles. The first-order valence-corrected chi connectivity index (χ1v) is 8.39. The molecule has 1 saturated heterocycles. The average molecular weight is 308 g/mol. The monoisotopic (exact) mass is 308 g/mol. The lowest BCUT2D eigenvalue weighted by Crippen LogP contribution is -2.46. The van der Waals surface area contributed by atoms with Gasteiger partial charge in [0.25, 0.3) is 0 Å². The van der Waals surface area contributed by atoms with Crippen molar-refractivity contribution in [2.45, 2.75) is 26.3 Å². The van der Waals surface area contributed by atoms with Crippen molar-refractivity contribution in [2.75, 3.05) is 18.0 Å². The van der Waals surface area contributed by atoms with Crippen LogP contribution in [0.2, 0.25) is 0 Å². The van der Waals surface area contributed by atoms with Crippen LogP contribution in [0.25, 0.3) is 0 Å². The van der Waals surface area contributed by atoms with Gasteiger partial charge >= 0.3 is 6.03 Å². The molecule has 1 aliphatic rings. The number of hydrogen-bond acceptors (Lipinski definition) is 1. The Morgan fingerprint density at radius 1 is 1.00 bits per heavy atom. The molecular formula is C20H24N2O. The fourth-order valence-corrected chi connectivity index (χ4v) is 3.01. The van der Waals surface area contributed by atoms with Crippen molar-refractivity contribution in [1.29, 1.82) is 0 Å². The molecule has 1 heterocycles. The summed E-state index contributed by atoms with van der Waals surface area (Å²) in [7, 11) is 0. The lowest BCUT2D eigenvalue weighted by atomic mass is 9.99. The lowest BCUT2D eigenvalue weighted by Gasteiger charge is -2.35. The van der Waals surface area contributed by atoms with Gasteiger partial charge in [0.1, 0.15) is 0 Å². The van der Waals surface area contributed by atoms with Crippen LogP contribution in [0.15, 0.2) is 60.7 Å². The number of hydrogen-bond donors (Lipinski definition) is 0. The molecule has 1 fully saturated rings. The number of rotatable bonds is 3. The zero-order valence-electron chi connectivity index (χ0n) is 13.7. The maximum atomic E-state index is 13.1. The second-order valence-electron chi connectivity index (χ2n) is 6.36. The summed E-state index contributed by atoms with van der Waals surface area (Å²) in [6.45, 7) is 4.59.